The third-order valence-corrected chi connectivity index (χ3v) is 1.90. The van der Waals surface area contributed by atoms with Crippen LogP contribution in [0.15, 0.2) is 30.3 Å². The van der Waals surface area contributed by atoms with E-state index in [4.69, 9.17) is 0 Å². The maximum atomic E-state index is 9.52. The zero-order valence-corrected chi connectivity index (χ0v) is 8.03. The van der Waals surface area contributed by atoms with Crippen LogP contribution in [0.2, 0.25) is 0 Å². The summed E-state index contributed by atoms with van der Waals surface area (Å²) in [5.74, 6) is 0. The van der Waals surface area contributed by atoms with Crippen molar-refractivity contribution in [2.24, 2.45) is 0 Å². The Morgan fingerprint density at radius 1 is 1.31 bits per heavy atom. The molecular formula is C11H17NO. The Hall–Kier alpha value is -0.860. The predicted octanol–water partition coefficient (Wildman–Crippen LogP) is 1.55. The Morgan fingerprint density at radius 3 is 2.62 bits per heavy atom. The van der Waals surface area contributed by atoms with Gasteiger partial charge in [0.1, 0.15) is 6.23 Å². The number of hydrogen-bond donors (Lipinski definition) is 2. The van der Waals surface area contributed by atoms with Gasteiger partial charge in [0.25, 0.3) is 0 Å². The highest BCUT2D eigenvalue weighted by Crippen LogP contribution is 2.01. The SMILES string of the molecule is CCCNC(O)Cc1ccccc1. The molecule has 0 aliphatic carbocycles. The van der Waals surface area contributed by atoms with E-state index in [-0.39, 0.29) is 0 Å². The molecule has 0 heterocycles. The molecule has 13 heavy (non-hydrogen) atoms. The first kappa shape index (κ1) is 10.2. The minimum absolute atomic E-state index is 0.414. The van der Waals surface area contributed by atoms with Crippen LogP contribution >= 0.6 is 0 Å². The van der Waals surface area contributed by atoms with Crippen LogP contribution in [0.25, 0.3) is 0 Å². The van der Waals surface area contributed by atoms with Crippen molar-refractivity contribution in [2.45, 2.75) is 26.0 Å². The second kappa shape index (κ2) is 5.73. The number of nitrogens with one attached hydrogen (secondary N) is 1. The number of aliphatic hydroxyl groups is 1. The Bertz CT molecular complexity index is 223. The topological polar surface area (TPSA) is 32.3 Å². The number of rotatable bonds is 5. The molecule has 2 nitrogen and oxygen atoms in total. The summed E-state index contributed by atoms with van der Waals surface area (Å²) in [6.07, 6.45) is 1.31. The average Bonchev–Trinajstić information content (AvgIpc) is 2.16. The van der Waals surface area contributed by atoms with Crippen molar-refractivity contribution in [3.05, 3.63) is 35.9 Å². The lowest BCUT2D eigenvalue weighted by Gasteiger charge is -2.11. The van der Waals surface area contributed by atoms with Gasteiger partial charge in [0.05, 0.1) is 0 Å². The molecule has 0 amide bonds. The van der Waals surface area contributed by atoms with Gasteiger partial charge in [-0.25, -0.2) is 0 Å². The molecule has 1 unspecified atom stereocenters. The first-order chi connectivity index (χ1) is 6.33. The molecule has 2 N–H and O–H groups in total. The minimum Gasteiger partial charge on any atom is -0.378 e. The zero-order valence-electron chi connectivity index (χ0n) is 8.03. The zero-order chi connectivity index (χ0) is 9.52. The van der Waals surface area contributed by atoms with E-state index < -0.39 is 6.23 Å². The van der Waals surface area contributed by atoms with Gasteiger partial charge in [-0.15, -0.1) is 0 Å². The lowest BCUT2D eigenvalue weighted by atomic mass is 10.1. The van der Waals surface area contributed by atoms with Gasteiger partial charge in [0.15, 0.2) is 0 Å². The van der Waals surface area contributed by atoms with Crippen LogP contribution in [0.4, 0.5) is 0 Å². The highest BCUT2D eigenvalue weighted by molar-refractivity contribution is 5.15. The van der Waals surface area contributed by atoms with Gasteiger partial charge in [-0.05, 0) is 18.5 Å². The maximum Gasteiger partial charge on any atom is 0.108 e. The van der Waals surface area contributed by atoms with Gasteiger partial charge in [-0.3, -0.25) is 5.32 Å². The number of aliphatic hydroxyl groups excluding tert-OH is 1. The molecule has 0 radical (unpaired) electrons. The summed E-state index contributed by atoms with van der Waals surface area (Å²) in [5.41, 5.74) is 1.17. The highest BCUT2D eigenvalue weighted by Gasteiger charge is 2.02. The van der Waals surface area contributed by atoms with Crippen molar-refractivity contribution in [1.82, 2.24) is 5.32 Å². The summed E-state index contributed by atoms with van der Waals surface area (Å²) in [4.78, 5) is 0. The normalized spacial score (nSPS) is 12.8. The molecule has 72 valence electrons. The largest absolute Gasteiger partial charge is 0.378 e. The predicted molar refractivity (Wildman–Crippen MR) is 54.4 cm³/mol. The van der Waals surface area contributed by atoms with E-state index in [0.717, 1.165) is 13.0 Å². The van der Waals surface area contributed by atoms with Crippen LogP contribution < -0.4 is 5.32 Å². The molecule has 0 aromatic heterocycles. The van der Waals surface area contributed by atoms with Gasteiger partial charge in [-0.1, -0.05) is 37.3 Å². The summed E-state index contributed by atoms with van der Waals surface area (Å²) in [7, 11) is 0. The van der Waals surface area contributed by atoms with Gasteiger partial charge in [-0.2, -0.15) is 0 Å². The van der Waals surface area contributed by atoms with Crippen molar-refractivity contribution in [3.8, 4) is 0 Å². The summed E-state index contributed by atoms with van der Waals surface area (Å²) >= 11 is 0. The molecule has 0 aliphatic heterocycles. The van der Waals surface area contributed by atoms with Crippen LogP contribution in [0.1, 0.15) is 18.9 Å². The first-order valence-electron chi connectivity index (χ1n) is 4.78. The highest BCUT2D eigenvalue weighted by atomic mass is 16.3. The molecule has 1 aromatic carbocycles. The van der Waals surface area contributed by atoms with E-state index in [1.807, 2.05) is 30.3 Å². The molecular weight excluding hydrogens is 162 g/mol. The van der Waals surface area contributed by atoms with E-state index in [9.17, 15) is 5.11 Å². The van der Waals surface area contributed by atoms with Gasteiger partial charge < -0.3 is 5.11 Å². The molecule has 0 aliphatic rings. The summed E-state index contributed by atoms with van der Waals surface area (Å²) in [6, 6.07) is 10.0. The van der Waals surface area contributed by atoms with Crippen LogP contribution in [0.3, 0.4) is 0 Å². The Balaban J connectivity index is 2.32. The number of hydrogen-bond acceptors (Lipinski definition) is 2. The molecule has 0 saturated carbocycles. The van der Waals surface area contributed by atoms with Gasteiger partial charge in [0, 0.05) is 6.42 Å². The molecule has 1 aromatic rings. The molecule has 1 rings (SSSR count). The first-order valence-corrected chi connectivity index (χ1v) is 4.78. The number of benzene rings is 1. The molecule has 0 fully saturated rings. The average molecular weight is 179 g/mol. The lowest BCUT2D eigenvalue weighted by Crippen LogP contribution is -2.31. The summed E-state index contributed by atoms with van der Waals surface area (Å²) in [6.45, 7) is 2.95. The monoisotopic (exact) mass is 179 g/mol. The maximum absolute atomic E-state index is 9.52. The van der Waals surface area contributed by atoms with E-state index >= 15 is 0 Å². The van der Waals surface area contributed by atoms with E-state index in [0.29, 0.717) is 6.42 Å². The van der Waals surface area contributed by atoms with E-state index in [1.54, 1.807) is 0 Å². The van der Waals surface area contributed by atoms with E-state index in [2.05, 4.69) is 12.2 Å². The molecule has 0 spiro atoms. The van der Waals surface area contributed by atoms with Crippen molar-refractivity contribution >= 4 is 0 Å². The van der Waals surface area contributed by atoms with Crippen LogP contribution in [0, 0.1) is 0 Å². The second-order valence-electron chi connectivity index (χ2n) is 3.16. The summed E-state index contributed by atoms with van der Waals surface area (Å²) in [5, 5.41) is 12.6. The van der Waals surface area contributed by atoms with Crippen molar-refractivity contribution in [1.29, 1.82) is 0 Å². The van der Waals surface area contributed by atoms with Gasteiger partial charge >= 0.3 is 0 Å². The molecule has 2 heteroatoms. The van der Waals surface area contributed by atoms with Crippen LogP contribution in [-0.2, 0) is 6.42 Å². The van der Waals surface area contributed by atoms with Crippen molar-refractivity contribution in [2.75, 3.05) is 6.54 Å². The van der Waals surface area contributed by atoms with Gasteiger partial charge in [0.2, 0.25) is 0 Å². The Morgan fingerprint density at radius 2 is 2.00 bits per heavy atom. The third kappa shape index (κ3) is 4.06. The Labute approximate surface area is 79.6 Å². The Kier molecular flexibility index (Phi) is 4.50. The van der Waals surface area contributed by atoms with E-state index in [1.165, 1.54) is 5.56 Å². The second-order valence-corrected chi connectivity index (χ2v) is 3.16. The quantitative estimate of drug-likeness (QED) is 0.672. The lowest BCUT2D eigenvalue weighted by molar-refractivity contribution is 0.138. The molecule has 0 bridgehead atoms. The standard InChI is InChI=1S/C11H17NO/c1-2-8-12-11(13)9-10-6-4-3-5-7-10/h3-7,11-13H,2,8-9H2,1H3. The fraction of sp³-hybridized carbons (Fsp3) is 0.455. The molecule has 1 atom stereocenters. The minimum atomic E-state index is -0.414. The van der Waals surface area contributed by atoms with Crippen LogP contribution in [-0.4, -0.2) is 17.9 Å². The summed E-state index contributed by atoms with van der Waals surface area (Å²) < 4.78 is 0. The van der Waals surface area contributed by atoms with Crippen molar-refractivity contribution in [3.63, 3.8) is 0 Å². The smallest absolute Gasteiger partial charge is 0.108 e. The third-order valence-electron chi connectivity index (χ3n) is 1.90. The molecule has 0 saturated heterocycles. The van der Waals surface area contributed by atoms with Crippen LogP contribution in [0.5, 0.6) is 0 Å². The van der Waals surface area contributed by atoms with Crippen molar-refractivity contribution < 1.29 is 5.11 Å². The fourth-order valence-electron chi connectivity index (χ4n) is 1.22. The fourth-order valence-corrected chi connectivity index (χ4v) is 1.22.